The molecule has 0 aliphatic rings. The summed E-state index contributed by atoms with van der Waals surface area (Å²) in [5, 5.41) is 8.39. The molecule has 0 saturated heterocycles. The van der Waals surface area contributed by atoms with Gasteiger partial charge < -0.3 is 14.6 Å². The van der Waals surface area contributed by atoms with Crippen molar-refractivity contribution in [2.75, 3.05) is 26.6 Å². The van der Waals surface area contributed by atoms with Crippen molar-refractivity contribution in [2.45, 2.75) is 26.2 Å². The first-order valence-corrected chi connectivity index (χ1v) is 4.18. The van der Waals surface area contributed by atoms with Gasteiger partial charge in [-0.2, -0.15) is 0 Å². The van der Waals surface area contributed by atoms with Gasteiger partial charge in [0.1, 0.15) is 6.79 Å². The van der Waals surface area contributed by atoms with Gasteiger partial charge in [-0.15, -0.1) is 0 Å². The Morgan fingerprint density at radius 2 is 1.73 bits per heavy atom. The van der Waals surface area contributed by atoms with Crippen molar-refractivity contribution in [1.29, 1.82) is 0 Å². The summed E-state index contributed by atoms with van der Waals surface area (Å²) in [4.78, 5) is 0. The van der Waals surface area contributed by atoms with Crippen LogP contribution in [0.25, 0.3) is 0 Å². The Morgan fingerprint density at radius 3 is 2.27 bits per heavy atom. The first-order valence-electron chi connectivity index (χ1n) is 4.18. The van der Waals surface area contributed by atoms with E-state index in [2.05, 4.69) is 6.92 Å². The normalized spacial score (nSPS) is 10.4. The van der Waals surface area contributed by atoms with Crippen molar-refractivity contribution in [3.63, 3.8) is 0 Å². The van der Waals surface area contributed by atoms with E-state index in [1.54, 1.807) is 0 Å². The maximum absolute atomic E-state index is 8.39. The fourth-order valence-corrected chi connectivity index (χ4v) is 0.590. The molecule has 68 valence electrons. The lowest BCUT2D eigenvalue weighted by Gasteiger charge is -2.03. The van der Waals surface area contributed by atoms with Gasteiger partial charge >= 0.3 is 0 Å². The molecule has 0 aliphatic heterocycles. The van der Waals surface area contributed by atoms with E-state index in [0.29, 0.717) is 19.8 Å². The van der Waals surface area contributed by atoms with Crippen LogP contribution in [0.1, 0.15) is 26.2 Å². The Balaban J connectivity index is 2.69. The average Bonchev–Trinajstić information content (AvgIpc) is 2.03. The average molecular weight is 162 g/mol. The predicted molar refractivity (Wildman–Crippen MR) is 43.4 cm³/mol. The summed E-state index contributed by atoms with van der Waals surface area (Å²) in [5.74, 6) is 0. The van der Waals surface area contributed by atoms with Crippen molar-refractivity contribution >= 4 is 0 Å². The van der Waals surface area contributed by atoms with Gasteiger partial charge in [-0.1, -0.05) is 13.3 Å². The van der Waals surface area contributed by atoms with Crippen LogP contribution in [-0.2, 0) is 9.47 Å². The van der Waals surface area contributed by atoms with Gasteiger partial charge in [0.05, 0.1) is 6.61 Å². The fraction of sp³-hybridized carbons (Fsp3) is 1.00. The van der Waals surface area contributed by atoms with Crippen molar-refractivity contribution in [2.24, 2.45) is 0 Å². The van der Waals surface area contributed by atoms with Crippen LogP contribution in [-0.4, -0.2) is 31.7 Å². The highest BCUT2D eigenvalue weighted by Gasteiger charge is 1.87. The fourth-order valence-electron chi connectivity index (χ4n) is 0.590. The molecule has 0 bridgehead atoms. The van der Waals surface area contributed by atoms with Crippen LogP contribution in [0, 0.1) is 0 Å². The van der Waals surface area contributed by atoms with E-state index in [9.17, 15) is 0 Å². The van der Waals surface area contributed by atoms with Gasteiger partial charge in [0, 0.05) is 13.2 Å². The molecule has 0 saturated carbocycles. The van der Waals surface area contributed by atoms with Crippen LogP contribution in [0.5, 0.6) is 0 Å². The summed E-state index contributed by atoms with van der Waals surface area (Å²) < 4.78 is 10.2. The van der Waals surface area contributed by atoms with E-state index >= 15 is 0 Å². The van der Waals surface area contributed by atoms with E-state index in [0.717, 1.165) is 19.4 Å². The number of unbranched alkanes of at least 4 members (excludes halogenated alkanes) is 1. The van der Waals surface area contributed by atoms with Crippen LogP contribution in [0.2, 0.25) is 0 Å². The minimum Gasteiger partial charge on any atom is -0.396 e. The van der Waals surface area contributed by atoms with Crippen LogP contribution >= 0.6 is 0 Å². The Morgan fingerprint density at radius 1 is 1.09 bits per heavy atom. The van der Waals surface area contributed by atoms with Gasteiger partial charge in [0.15, 0.2) is 0 Å². The lowest BCUT2D eigenvalue weighted by atomic mass is 10.4. The molecule has 0 spiro atoms. The van der Waals surface area contributed by atoms with Gasteiger partial charge in [0.25, 0.3) is 0 Å². The molecule has 1 N–H and O–H groups in total. The van der Waals surface area contributed by atoms with E-state index in [-0.39, 0.29) is 6.61 Å². The highest BCUT2D eigenvalue weighted by atomic mass is 16.7. The number of rotatable bonds is 8. The third-order valence-corrected chi connectivity index (χ3v) is 1.26. The van der Waals surface area contributed by atoms with Crippen LogP contribution in [0.3, 0.4) is 0 Å². The molecular weight excluding hydrogens is 144 g/mol. The maximum Gasteiger partial charge on any atom is 0.146 e. The summed E-state index contributed by atoms with van der Waals surface area (Å²) in [6.07, 6.45) is 2.93. The number of hydrogen-bond acceptors (Lipinski definition) is 3. The van der Waals surface area contributed by atoms with Gasteiger partial charge in [-0.25, -0.2) is 0 Å². The van der Waals surface area contributed by atoms with E-state index in [1.165, 1.54) is 0 Å². The number of aliphatic hydroxyl groups excluding tert-OH is 1. The Bertz CT molecular complexity index is 58.4. The second-order valence-electron chi connectivity index (χ2n) is 2.37. The van der Waals surface area contributed by atoms with Crippen molar-refractivity contribution in [3.05, 3.63) is 0 Å². The molecule has 0 fully saturated rings. The molecule has 0 unspecified atom stereocenters. The molecule has 0 radical (unpaired) electrons. The molecule has 0 aromatic rings. The second kappa shape index (κ2) is 9.88. The third kappa shape index (κ3) is 9.88. The van der Waals surface area contributed by atoms with Gasteiger partial charge in [-0.05, 0) is 12.8 Å². The smallest absolute Gasteiger partial charge is 0.146 e. The molecular formula is C8H18O3. The van der Waals surface area contributed by atoms with Crippen molar-refractivity contribution in [1.82, 2.24) is 0 Å². The standard InChI is InChI=1S/C8H18O3/c1-2-3-6-10-8-11-7-4-5-9/h9H,2-8H2,1H3. The van der Waals surface area contributed by atoms with Gasteiger partial charge in [-0.3, -0.25) is 0 Å². The van der Waals surface area contributed by atoms with Crippen LogP contribution in [0.4, 0.5) is 0 Å². The first-order chi connectivity index (χ1) is 5.41. The molecule has 0 aliphatic carbocycles. The zero-order valence-electron chi connectivity index (χ0n) is 7.21. The topological polar surface area (TPSA) is 38.7 Å². The molecule has 0 aromatic heterocycles. The summed E-state index contributed by atoms with van der Waals surface area (Å²) in [6, 6.07) is 0. The van der Waals surface area contributed by atoms with Crippen molar-refractivity contribution in [3.8, 4) is 0 Å². The van der Waals surface area contributed by atoms with E-state index in [1.807, 2.05) is 0 Å². The van der Waals surface area contributed by atoms with E-state index in [4.69, 9.17) is 14.6 Å². The SMILES string of the molecule is CCCCOCOCCCO. The minimum absolute atomic E-state index is 0.189. The van der Waals surface area contributed by atoms with Crippen LogP contribution < -0.4 is 0 Å². The summed E-state index contributed by atoms with van der Waals surface area (Å²) >= 11 is 0. The Kier molecular flexibility index (Phi) is 9.77. The summed E-state index contributed by atoms with van der Waals surface area (Å²) in [5.41, 5.74) is 0. The number of aliphatic hydroxyl groups is 1. The molecule has 3 heteroatoms. The maximum atomic E-state index is 8.39. The zero-order valence-corrected chi connectivity index (χ0v) is 7.21. The highest BCUT2D eigenvalue weighted by molar-refractivity contribution is 4.30. The third-order valence-electron chi connectivity index (χ3n) is 1.26. The second-order valence-corrected chi connectivity index (χ2v) is 2.37. The lowest BCUT2D eigenvalue weighted by molar-refractivity contribution is -0.0570. The Hall–Kier alpha value is -0.120. The molecule has 0 heterocycles. The molecule has 0 amide bonds. The van der Waals surface area contributed by atoms with E-state index < -0.39 is 0 Å². The summed E-state index contributed by atoms with van der Waals surface area (Å²) in [6.45, 7) is 4.03. The first kappa shape index (κ1) is 10.9. The van der Waals surface area contributed by atoms with Gasteiger partial charge in [0.2, 0.25) is 0 Å². The minimum atomic E-state index is 0.189. The quantitative estimate of drug-likeness (QED) is 0.430. The lowest BCUT2D eigenvalue weighted by Crippen LogP contribution is -2.03. The molecule has 3 nitrogen and oxygen atoms in total. The molecule has 0 atom stereocenters. The number of ether oxygens (including phenoxy) is 2. The predicted octanol–water partition coefficient (Wildman–Crippen LogP) is 1.16. The number of hydrogen-bond donors (Lipinski definition) is 1. The zero-order chi connectivity index (χ0) is 8.36. The molecule has 11 heavy (non-hydrogen) atoms. The van der Waals surface area contributed by atoms with Crippen LogP contribution in [0.15, 0.2) is 0 Å². The summed E-state index contributed by atoms with van der Waals surface area (Å²) in [7, 11) is 0. The Labute approximate surface area is 68.3 Å². The largest absolute Gasteiger partial charge is 0.396 e. The molecule has 0 aromatic carbocycles. The monoisotopic (exact) mass is 162 g/mol. The highest BCUT2D eigenvalue weighted by Crippen LogP contribution is 1.88. The molecule has 0 rings (SSSR count). The van der Waals surface area contributed by atoms with Crippen molar-refractivity contribution < 1.29 is 14.6 Å².